The van der Waals surface area contributed by atoms with Gasteiger partial charge in [0.25, 0.3) is 5.56 Å². The highest BCUT2D eigenvalue weighted by Gasteiger charge is 2.04. The average Bonchev–Trinajstić information content (AvgIpc) is 2.09. The molecule has 0 spiro atoms. The molecule has 12 heavy (non-hydrogen) atoms. The summed E-state index contributed by atoms with van der Waals surface area (Å²) in [7, 11) is 0. The van der Waals surface area contributed by atoms with Gasteiger partial charge in [0, 0.05) is 12.4 Å². The average molecular weight is 172 g/mol. The second-order valence-corrected chi connectivity index (χ2v) is 2.38. The van der Waals surface area contributed by atoms with Crippen LogP contribution in [0.3, 0.4) is 0 Å². The molecule has 1 N–H and O–H groups in total. The van der Waals surface area contributed by atoms with Gasteiger partial charge in [-0.15, -0.1) is 0 Å². The Labute approximate surface area is 68.3 Å². The molecular formula is C7H9FN2O2. The molecule has 1 aromatic heterocycles. The molecule has 0 aliphatic heterocycles. The number of alkyl halides is 1. The zero-order chi connectivity index (χ0) is 8.97. The number of aromatic nitrogens is 2. The van der Waals surface area contributed by atoms with Gasteiger partial charge in [-0.2, -0.15) is 0 Å². The first kappa shape index (κ1) is 8.86. The Kier molecular flexibility index (Phi) is 2.93. The van der Waals surface area contributed by atoms with Gasteiger partial charge in [-0.1, -0.05) is 0 Å². The zero-order valence-electron chi connectivity index (χ0n) is 6.35. The summed E-state index contributed by atoms with van der Waals surface area (Å²) in [6.45, 7) is -0.882. The van der Waals surface area contributed by atoms with Crippen molar-refractivity contribution in [2.24, 2.45) is 0 Å². The van der Waals surface area contributed by atoms with E-state index >= 15 is 0 Å². The molecule has 1 unspecified atom stereocenters. The quantitative estimate of drug-likeness (QED) is 0.673. The molecule has 1 heterocycles. The molecule has 0 bridgehead atoms. The fraction of sp³-hybridized carbons (Fsp3) is 0.429. The summed E-state index contributed by atoms with van der Waals surface area (Å²) in [4.78, 5) is 14.5. The minimum absolute atomic E-state index is 0.0299. The van der Waals surface area contributed by atoms with Crippen LogP contribution in [0, 0.1) is 0 Å². The monoisotopic (exact) mass is 172 g/mol. The minimum Gasteiger partial charge on any atom is -0.389 e. The summed E-state index contributed by atoms with van der Waals surface area (Å²) in [6, 6.07) is 0. The molecule has 5 heteroatoms. The normalized spacial score (nSPS) is 12.8. The van der Waals surface area contributed by atoms with Crippen molar-refractivity contribution in [1.29, 1.82) is 0 Å². The molecule has 0 aromatic carbocycles. The lowest BCUT2D eigenvalue weighted by Gasteiger charge is -2.07. The molecule has 0 radical (unpaired) electrons. The summed E-state index contributed by atoms with van der Waals surface area (Å²) < 4.78 is 13.0. The van der Waals surface area contributed by atoms with E-state index in [9.17, 15) is 9.18 Å². The standard InChI is InChI=1S/C7H9FN2O2/c8-3-6(11)5-10-2-1-9-4-7(10)12/h1-2,4,6,11H,3,5H2. The molecule has 0 saturated carbocycles. The van der Waals surface area contributed by atoms with E-state index in [1.807, 2.05) is 0 Å². The van der Waals surface area contributed by atoms with Crippen molar-refractivity contribution in [3.63, 3.8) is 0 Å². The number of aliphatic hydroxyl groups excluding tert-OH is 1. The largest absolute Gasteiger partial charge is 0.389 e. The van der Waals surface area contributed by atoms with E-state index in [1.54, 1.807) is 0 Å². The third kappa shape index (κ3) is 2.13. The second-order valence-electron chi connectivity index (χ2n) is 2.38. The Hall–Kier alpha value is -1.23. The maximum absolute atomic E-state index is 11.8. The highest BCUT2D eigenvalue weighted by atomic mass is 19.1. The van der Waals surface area contributed by atoms with Crippen molar-refractivity contribution >= 4 is 0 Å². The van der Waals surface area contributed by atoms with E-state index in [2.05, 4.69) is 4.98 Å². The van der Waals surface area contributed by atoms with Crippen LogP contribution in [-0.4, -0.2) is 27.4 Å². The topological polar surface area (TPSA) is 55.1 Å². The lowest BCUT2D eigenvalue weighted by atomic mass is 10.4. The van der Waals surface area contributed by atoms with E-state index in [4.69, 9.17) is 5.11 Å². The van der Waals surface area contributed by atoms with Crippen molar-refractivity contribution in [1.82, 2.24) is 9.55 Å². The lowest BCUT2D eigenvalue weighted by molar-refractivity contribution is 0.121. The Morgan fingerprint density at radius 1 is 1.75 bits per heavy atom. The first-order chi connectivity index (χ1) is 5.74. The van der Waals surface area contributed by atoms with Gasteiger partial charge in [0.1, 0.15) is 12.8 Å². The van der Waals surface area contributed by atoms with E-state index in [1.165, 1.54) is 17.0 Å². The van der Waals surface area contributed by atoms with Crippen LogP contribution in [-0.2, 0) is 6.54 Å². The van der Waals surface area contributed by atoms with Crippen LogP contribution >= 0.6 is 0 Å². The first-order valence-corrected chi connectivity index (χ1v) is 3.48. The van der Waals surface area contributed by atoms with E-state index in [0.29, 0.717) is 0 Å². The Balaban J connectivity index is 2.76. The minimum atomic E-state index is -1.12. The van der Waals surface area contributed by atoms with Gasteiger partial charge < -0.3 is 9.67 Å². The highest BCUT2D eigenvalue weighted by molar-refractivity contribution is 4.80. The third-order valence-electron chi connectivity index (χ3n) is 1.39. The molecular weight excluding hydrogens is 163 g/mol. The van der Waals surface area contributed by atoms with Crippen LogP contribution in [0.25, 0.3) is 0 Å². The summed E-state index contributed by atoms with van der Waals surface area (Å²) >= 11 is 0. The number of nitrogens with zero attached hydrogens (tertiary/aromatic N) is 2. The van der Waals surface area contributed by atoms with Gasteiger partial charge in [-0.05, 0) is 0 Å². The van der Waals surface area contributed by atoms with E-state index < -0.39 is 12.8 Å². The van der Waals surface area contributed by atoms with Crippen LogP contribution in [0.5, 0.6) is 0 Å². The van der Waals surface area contributed by atoms with Crippen LogP contribution in [0.15, 0.2) is 23.4 Å². The third-order valence-corrected chi connectivity index (χ3v) is 1.39. The van der Waals surface area contributed by atoms with Gasteiger partial charge in [0.2, 0.25) is 0 Å². The number of hydrogen-bond acceptors (Lipinski definition) is 3. The maximum Gasteiger partial charge on any atom is 0.269 e. The van der Waals surface area contributed by atoms with Crippen molar-refractivity contribution in [2.75, 3.05) is 6.67 Å². The van der Waals surface area contributed by atoms with Gasteiger partial charge >= 0.3 is 0 Å². The Bertz CT molecular complexity index is 299. The number of hydrogen-bond donors (Lipinski definition) is 1. The van der Waals surface area contributed by atoms with Crippen LogP contribution < -0.4 is 5.56 Å². The number of aliphatic hydroxyl groups is 1. The summed E-state index contributed by atoms with van der Waals surface area (Å²) in [5.74, 6) is 0. The first-order valence-electron chi connectivity index (χ1n) is 3.48. The van der Waals surface area contributed by atoms with Gasteiger partial charge in [0.15, 0.2) is 0 Å². The Morgan fingerprint density at radius 2 is 2.50 bits per heavy atom. The molecule has 1 rings (SSSR count). The van der Waals surface area contributed by atoms with Gasteiger partial charge in [-0.3, -0.25) is 9.78 Å². The molecule has 1 aromatic rings. The second kappa shape index (κ2) is 3.96. The zero-order valence-corrected chi connectivity index (χ0v) is 6.35. The highest BCUT2D eigenvalue weighted by Crippen LogP contribution is 1.88. The van der Waals surface area contributed by atoms with E-state index in [0.717, 1.165) is 6.20 Å². The predicted octanol–water partition coefficient (Wildman–Crippen LogP) is -0.426. The molecule has 0 saturated heterocycles. The smallest absolute Gasteiger partial charge is 0.269 e. The summed E-state index contributed by atoms with van der Waals surface area (Å²) in [5, 5.41) is 8.88. The van der Waals surface area contributed by atoms with Gasteiger partial charge in [-0.25, -0.2) is 4.39 Å². The van der Waals surface area contributed by atoms with Crippen LogP contribution in [0.1, 0.15) is 0 Å². The fourth-order valence-electron chi connectivity index (χ4n) is 0.800. The molecule has 0 aliphatic rings. The molecule has 1 atom stereocenters. The lowest BCUT2D eigenvalue weighted by Crippen LogP contribution is -2.26. The summed E-state index contributed by atoms with van der Waals surface area (Å²) in [6.07, 6.45) is 2.81. The van der Waals surface area contributed by atoms with Gasteiger partial charge in [0.05, 0.1) is 12.7 Å². The van der Waals surface area contributed by atoms with Crippen molar-refractivity contribution in [2.45, 2.75) is 12.6 Å². The fourth-order valence-corrected chi connectivity index (χ4v) is 0.800. The predicted molar refractivity (Wildman–Crippen MR) is 40.5 cm³/mol. The maximum atomic E-state index is 11.8. The number of rotatable bonds is 3. The van der Waals surface area contributed by atoms with Crippen LogP contribution in [0.4, 0.5) is 4.39 Å². The molecule has 4 nitrogen and oxygen atoms in total. The van der Waals surface area contributed by atoms with E-state index in [-0.39, 0.29) is 12.1 Å². The summed E-state index contributed by atoms with van der Waals surface area (Å²) in [5.41, 5.74) is -0.343. The molecule has 0 fully saturated rings. The molecule has 66 valence electrons. The molecule has 0 aliphatic carbocycles. The van der Waals surface area contributed by atoms with Crippen molar-refractivity contribution < 1.29 is 9.50 Å². The van der Waals surface area contributed by atoms with Crippen molar-refractivity contribution in [3.05, 3.63) is 28.9 Å². The molecule has 0 amide bonds. The Morgan fingerprint density at radius 3 is 3.08 bits per heavy atom. The SMILES string of the molecule is O=c1cnccn1CC(O)CF. The van der Waals surface area contributed by atoms with Crippen LogP contribution in [0.2, 0.25) is 0 Å². The van der Waals surface area contributed by atoms with Crippen molar-refractivity contribution in [3.8, 4) is 0 Å². The number of halogens is 1.